The maximum absolute atomic E-state index is 10.7. The Morgan fingerprint density at radius 3 is 2.62 bits per heavy atom. The molecule has 0 unspecified atom stereocenters. The molecule has 0 aliphatic carbocycles. The van der Waals surface area contributed by atoms with Crippen LogP contribution in [0.1, 0.15) is 5.56 Å². The SMILES string of the molecule is CN(C)c1cccc(CNc2ccc([N+](=O)[O-])cc2Cl)c1. The number of benzene rings is 2. The van der Waals surface area contributed by atoms with Crippen LogP contribution in [0.3, 0.4) is 0 Å². The molecule has 2 rings (SSSR count). The fourth-order valence-electron chi connectivity index (χ4n) is 1.90. The molecule has 21 heavy (non-hydrogen) atoms. The van der Waals surface area contributed by atoms with E-state index in [0.29, 0.717) is 17.3 Å². The van der Waals surface area contributed by atoms with Crippen molar-refractivity contribution in [3.63, 3.8) is 0 Å². The summed E-state index contributed by atoms with van der Waals surface area (Å²) in [4.78, 5) is 12.2. The second-order valence-corrected chi connectivity index (χ2v) is 5.25. The van der Waals surface area contributed by atoms with Crippen molar-refractivity contribution in [2.45, 2.75) is 6.54 Å². The zero-order valence-corrected chi connectivity index (χ0v) is 12.6. The fourth-order valence-corrected chi connectivity index (χ4v) is 2.14. The average molecular weight is 306 g/mol. The number of non-ortho nitro benzene ring substituents is 1. The smallest absolute Gasteiger partial charge is 0.271 e. The van der Waals surface area contributed by atoms with Gasteiger partial charge in [-0.1, -0.05) is 23.7 Å². The summed E-state index contributed by atoms with van der Waals surface area (Å²) in [6.45, 7) is 0.596. The predicted octanol–water partition coefficient (Wildman–Crippen LogP) is 3.93. The van der Waals surface area contributed by atoms with Gasteiger partial charge in [-0.3, -0.25) is 10.1 Å². The first-order chi connectivity index (χ1) is 9.97. The molecule has 2 aromatic rings. The molecule has 0 saturated heterocycles. The Labute approximate surface area is 128 Å². The summed E-state index contributed by atoms with van der Waals surface area (Å²) in [6, 6.07) is 12.5. The van der Waals surface area contributed by atoms with Gasteiger partial charge >= 0.3 is 0 Å². The normalized spacial score (nSPS) is 10.2. The van der Waals surface area contributed by atoms with Crippen molar-refractivity contribution in [1.82, 2.24) is 0 Å². The largest absolute Gasteiger partial charge is 0.380 e. The van der Waals surface area contributed by atoms with Crippen LogP contribution in [-0.4, -0.2) is 19.0 Å². The van der Waals surface area contributed by atoms with Crippen molar-refractivity contribution in [1.29, 1.82) is 0 Å². The molecule has 110 valence electrons. The Hall–Kier alpha value is -2.27. The van der Waals surface area contributed by atoms with Crippen LogP contribution in [0, 0.1) is 10.1 Å². The van der Waals surface area contributed by atoms with E-state index in [0.717, 1.165) is 11.3 Å². The van der Waals surface area contributed by atoms with E-state index in [4.69, 9.17) is 11.6 Å². The van der Waals surface area contributed by atoms with Crippen LogP contribution in [0.5, 0.6) is 0 Å². The number of hydrogen-bond donors (Lipinski definition) is 1. The van der Waals surface area contributed by atoms with Crippen molar-refractivity contribution in [3.05, 3.63) is 63.2 Å². The molecule has 1 N–H and O–H groups in total. The number of rotatable bonds is 5. The molecule has 0 aliphatic rings. The first kappa shape index (κ1) is 15.1. The topological polar surface area (TPSA) is 58.4 Å². The zero-order valence-electron chi connectivity index (χ0n) is 11.8. The van der Waals surface area contributed by atoms with E-state index >= 15 is 0 Å². The molecule has 0 heterocycles. The molecule has 0 bridgehead atoms. The summed E-state index contributed by atoms with van der Waals surface area (Å²) >= 11 is 6.05. The van der Waals surface area contributed by atoms with Crippen LogP contribution in [0.15, 0.2) is 42.5 Å². The van der Waals surface area contributed by atoms with E-state index < -0.39 is 4.92 Å². The lowest BCUT2D eigenvalue weighted by molar-refractivity contribution is -0.384. The fraction of sp³-hybridized carbons (Fsp3) is 0.200. The second-order valence-electron chi connectivity index (χ2n) is 4.84. The lowest BCUT2D eigenvalue weighted by atomic mass is 10.2. The number of halogens is 1. The van der Waals surface area contributed by atoms with E-state index in [-0.39, 0.29) is 5.69 Å². The number of hydrogen-bond acceptors (Lipinski definition) is 4. The van der Waals surface area contributed by atoms with Crippen LogP contribution in [-0.2, 0) is 6.54 Å². The van der Waals surface area contributed by atoms with Crippen LogP contribution >= 0.6 is 11.6 Å². The number of anilines is 2. The highest BCUT2D eigenvalue weighted by atomic mass is 35.5. The summed E-state index contributed by atoms with van der Waals surface area (Å²) < 4.78 is 0. The maximum atomic E-state index is 10.7. The molecule has 5 nitrogen and oxygen atoms in total. The van der Waals surface area contributed by atoms with Crippen LogP contribution < -0.4 is 10.2 Å². The van der Waals surface area contributed by atoms with E-state index in [1.165, 1.54) is 12.1 Å². The minimum atomic E-state index is -0.462. The number of nitrogens with one attached hydrogen (secondary N) is 1. The van der Waals surface area contributed by atoms with Gasteiger partial charge in [0.15, 0.2) is 0 Å². The molecule has 0 radical (unpaired) electrons. The average Bonchev–Trinajstić information content (AvgIpc) is 2.46. The molecule has 0 spiro atoms. The molecular formula is C15H16ClN3O2. The van der Waals surface area contributed by atoms with Crippen LogP contribution in [0.25, 0.3) is 0 Å². The van der Waals surface area contributed by atoms with Gasteiger partial charge in [-0.15, -0.1) is 0 Å². The Kier molecular flexibility index (Phi) is 4.65. The molecule has 0 atom stereocenters. The molecule has 2 aromatic carbocycles. The molecular weight excluding hydrogens is 290 g/mol. The monoisotopic (exact) mass is 305 g/mol. The van der Waals surface area contributed by atoms with E-state index in [2.05, 4.69) is 11.4 Å². The standard InChI is InChI=1S/C15H16ClN3O2/c1-18(2)12-5-3-4-11(8-12)10-17-15-7-6-13(19(20)21)9-14(15)16/h3-9,17H,10H2,1-2H3. The highest BCUT2D eigenvalue weighted by Gasteiger charge is 2.09. The van der Waals surface area contributed by atoms with E-state index in [9.17, 15) is 10.1 Å². The van der Waals surface area contributed by atoms with Crippen molar-refractivity contribution >= 4 is 28.7 Å². The molecule has 0 aromatic heterocycles. The molecule has 0 aliphatic heterocycles. The predicted molar refractivity (Wildman–Crippen MR) is 86.2 cm³/mol. The third kappa shape index (κ3) is 3.86. The lowest BCUT2D eigenvalue weighted by Crippen LogP contribution is -2.09. The highest BCUT2D eigenvalue weighted by Crippen LogP contribution is 2.27. The Bertz CT molecular complexity index is 659. The van der Waals surface area contributed by atoms with Gasteiger partial charge in [-0.2, -0.15) is 0 Å². The third-order valence-corrected chi connectivity index (χ3v) is 3.39. The highest BCUT2D eigenvalue weighted by molar-refractivity contribution is 6.33. The zero-order chi connectivity index (χ0) is 15.4. The summed E-state index contributed by atoms with van der Waals surface area (Å²) in [5, 5.41) is 14.2. The van der Waals surface area contributed by atoms with Gasteiger partial charge in [-0.05, 0) is 23.8 Å². The van der Waals surface area contributed by atoms with Gasteiger partial charge < -0.3 is 10.2 Å². The summed E-state index contributed by atoms with van der Waals surface area (Å²) in [7, 11) is 3.97. The van der Waals surface area contributed by atoms with Crippen LogP contribution in [0.2, 0.25) is 5.02 Å². The Balaban J connectivity index is 2.09. The Morgan fingerprint density at radius 2 is 2.00 bits per heavy atom. The van der Waals surface area contributed by atoms with Crippen molar-refractivity contribution < 1.29 is 4.92 Å². The van der Waals surface area contributed by atoms with E-state index in [1.807, 2.05) is 37.2 Å². The van der Waals surface area contributed by atoms with Gasteiger partial charge in [0.2, 0.25) is 0 Å². The van der Waals surface area contributed by atoms with Gasteiger partial charge in [-0.25, -0.2) is 0 Å². The quantitative estimate of drug-likeness (QED) is 0.672. The Morgan fingerprint density at radius 1 is 1.24 bits per heavy atom. The molecule has 0 amide bonds. The number of nitrogens with zero attached hydrogens (tertiary/aromatic N) is 2. The van der Waals surface area contributed by atoms with Crippen LogP contribution in [0.4, 0.5) is 17.1 Å². The second kappa shape index (κ2) is 6.45. The number of nitro benzene ring substituents is 1. The van der Waals surface area contributed by atoms with E-state index in [1.54, 1.807) is 6.07 Å². The minimum Gasteiger partial charge on any atom is -0.380 e. The number of nitro groups is 1. The molecule has 6 heteroatoms. The van der Waals surface area contributed by atoms with Gasteiger partial charge in [0, 0.05) is 38.5 Å². The lowest BCUT2D eigenvalue weighted by Gasteiger charge is -2.14. The summed E-state index contributed by atoms with van der Waals surface area (Å²) in [5.41, 5.74) is 2.89. The van der Waals surface area contributed by atoms with Crippen molar-refractivity contribution in [3.8, 4) is 0 Å². The molecule has 0 fully saturated rings. The van der Waals surface area contributed by atoms with Crippen molar-refractivity contribution in [2.75, 3.05) is 24.3 Å². The minimum absolute atomic E-state index is 0.0137. The van der Waals surface area contributed by atoms with Gasteiger partial charge in [0.05, 0.1) is 15.6 Å². The molecule has 0 saturated carbocycles. The maximum Gasteiger partial charge on any atom is 0.271 e. The first-order valence-electron chi connectivity index (χ1n) is 6.41. The third-order valence-electron chi connectivity index (χ3n) is 3.07. The first-order valence-corrected chi connectivity index (χ1v) is 6.79. The van der Waals surface area contributed by atoms with Gasteiger partial charge in [0.1, 0.15) is 0 Å². The summed E-state index contributed by atoms with van der Waals surface area (Å²) in [5.74, 6) is 0. The van der Waals surface area contributed by atoms with Crippen molar-refractivity contribution in [2.24, 2.45) is 0 Å². The summed E-state index contributed by atoms with van der Waals surface area (Å²) in [6.07, 6.45) is 0. The van der Waals surface area contributed by atoms with Gasteiger partial charge in [0.25, 0.3) is 5.69 Å².